The van der Waals surface area contributed by atoms with Crippen molar-refractivity contribution in [1.29, 1.82) is 0 Å². The number of carbonyl (C=O) groups is 1. The Morgan fingerprint density at radius 1 is 1.04 bits per heavy atom. The standard InChI is InChI=1S/C34H29ClN4O5S/c1-5-44-33(41)29-20(2)36-34-39(31(29)21-11-14-25(42-3)15-12-21)32(40)28(45-34)18-23-19-38(24-9-7-6-8-10-24)37-30(23)22-13-16-27(43-4)26(35)17-22/h6-19,31H,5H2,1-4H3. The zero-order chi connectivity index (χ0) is 31.7. The van der Waals surface area contributed by atoms with Gasteiger partial charge < -0.3 is 14.2 Å². The van der Waals surface area contributed by atoms with Crippen LogP contribution in [-0.4, -0.2) is 41.1 Å². The van der Waals surface area contributed by atoms with E-state index in [1.807, 2.05) is 54.7 Å². The number of nitrogens with zero attached hydrogens (tertiary/aromatic N) is 4. The van der Waals surface area contributed by atoms with Crippen LogP contribution in [0.3, 0.4) is 0 Å². The lowest BCUT2D eigenvalue weighted by Crippen LogP contribution is -2.39. The number of ether oxygens (including phenoxy) is 3. The van der Waals surface area contributed by atoms with Crippen molar-refractivity contribution >= 4 is 35.0 Å². The van der Waals surface area contributed by atoms with Crippen LogP contribution in [0, 0.1) is 0 Å². The average Bonchev–Trinajstić information content (AvgIpc) is 3.61. The molecular weight excluding hydrogens is 612 g/mol. The molecule has 0 saturated heterocycles. The molecule has 0 aliphatic carbocycles. The third-order valence-corrected chi connectivity index (χ3v) is 8.70. The minimum atomic E-state index is -0.736. The molecule has 9 nitrogen and oxygen atoms in total. The highest BCUT2D eigenvalue weighted by Gasteiger charge is 2.33. The Hall–Kier alpha value is -4.93. The van der Waals surface area contributed by atoms with Crippen LogP contribution in [0.1, 0.15) is 31.0 Å². The smallest absolute Gasteiger partial charge is 0.338 e. The molecule has 1 atom stereocenters. The normalized spacial score (nSPS) is 14.6. The third kappa shape index (κ3) is 5.70. The summed E-state index contributed by atoms with van der Waals surface area (Å²) in [4.78, 5) is 32.6. The van der Waals surface area contributed by atoms with Gasteiger partial charge in [0.05, 0.1) is 53.4 Å². The van der Waals surface area contributed by atoms with Crippen molar-refractivity contribution in [3.8, 4) is 28.4 Å². The van der Waals surface area contributed by atoms with Gasteiger partial charge in [0.25, 0.3) is 5.56 Å². The van der Waals surface area contributed by atoms with Crippen LogP contribution in [0.15, 0.2) is 100 Å². The van der Waals surface area contributed by atoms with Crippen LogP contribution >= 0.6 is 22.9 Å². The molecule has 0 bridgehead atoms. The number of allylic oxidation sites excluding steroid dienone is 1. The molecule has 1 aliphatic heterocycles. The van der Waals surface area contributed by atoms with E-state index in [1.54, 1.807) is 67.7 Å². The maximum absolute atomic E-state index is 14.2. The SMILES string of the molecule is CCOC(=O)C1=C(C)N=c2sc(=Cc3cn(-c4ccccc4)nc3-c3ccc(OC)c(Cl)c3)c(=O)n2C1c1ccc(OC)cc1. The highest BCUT2D eigenvalue weighted by atomic mass is 35.5. The van der Waals surface area contributed by atoms with E-state index in [1.165, 1.54) is 11.3 Å². The molecule has 11 heteroatoms. The molecule has 45 heavy (non-hydrogen) atoms. The number of methoxy groups -OCH3 is 2. The van der Waals surface area contributed by atoms with Crippen LogP contribution < -0.4 is 24.4 Å². The highest BCUT2D eigenvalue weighted by Crippen LogP contribution is 2.33. The molecule has 6 rings (SSSR count). The number of esters is 1. The van der Waals surface area contributed by atoms with Gasteiger partial charge in [-0.3, -0.25) is 9.36 Å². The molecule has 5 aromatic rings. The highest BCUT2D eigenvalue weighted by molar-refractivity contribution is 7.07. The molecule has 0 spiro atoms. The number of fused-ring (bicyclic) bond motifs is 1. The zero-order valence-electron chi connectivity index (χ0n) is 25.0. The lowest BCUT2D eigenvalue weighted by molar-refractivity contribution is -0.139. The molecule has 1 unspecified atom stereocenters. The van der Waals surface area contributed by atoms with Crippen LogP contribution in [-0.2, 0) is 9.53 Å². The number of para-hydroxylation sites is 1. The molecule has 0 N–H and O–H groups in total. The Morgan fingerprint density at radius 2 is 1.80 bits per heavy atom. The van der Waals surface area contributed by atoms with E-state index in [2.05, 4.69) is 0 Å². The monoisotopic (exact) mass is 640 g/mol. The van der Waals surface area contributed by atoms with E-state index in [9.17, 15) is 9.59 Å². The minimum Gasteiger partial charge on any atom is -0.497 e. The van der Waals surface area contributed by atoms with Gasteiger partial charge in [0.2, 0.25) is 0 Å². The number of carbonyl (C=O) groups excluding carboxylic acids is 1. The quantitative estimate of drug-likeness (QED) is 0.213. The Balaban J connectivity index is 1.55. The number of halogens is 1. The van der Waals surface area contributed by atoms with Gasteiger partial charge in [-0.2, -0.15) is 5.10 Å². The maximum Gasteiger partial charge on any atom is 0.338 e. The second-order valence-corrected chi connectivity index (χ2v) is 11.6. The maximum atomic E-state index is 14.2. The summed E-state index contributed by atoms with van der Waals surface area (Å²) in [6.07, 6.45) is 3.68. The van der Waals surface area contributed by atoms with E-state index < -0.39 is 12.0 Å². The molecule has 2 aromatic heterocycles. The van der Waals surface area contributed by atoms with Gasteiger partial charge in [-0.1, -0.05) is 53.3 Å². The second-order valence-electron chi connectivity index (χ2n) is 10.1. The Kier molecular flexibility index (Phi) is 8.42. The number of aromatic nitrogens is 3. The first-order chi connectivity index (χ1) is 21.8. The molecule has 1 aliphatic rings. The summed E-state index contributed by atoms with van der Waals surface area (Å²) in [5.74, 6) is 0.687. The van der Waals surface area contributed by atoms with Crippen molar-refractivity contribution in [1.82, 2.24) is 14.3 Å². The molecule has 228 valence electrons. The zero-order valence-corrected chi connectivity index (χ0v) is 26.6. The first-order valence-electron chi connectivity index (χ1n) is 14.2. The lowest BCUT2D eigenvalue weighted by atomic mass is 9.96. The first kappa shape index (κ1) is 30.1. The summed E-state index contributed by atoms with van der Waals surface area (Å²) in [6, 6.07) is 21.7. The second kappa shape index (κ2) is 12.6. The van der Waals surface area contributed by atoms with E-state index >= 15 is 0 Å². The molecule has 0 amide bonds. The predicted molar refractivity (Wildman–Crippen MR) is 174 cm³/mol. The summed E-state index contributed by atoms with van der Waals surface area (Å²) in [6.45, 7) is 3.70. The fourth-order valence-corrected chi connectivity index (χ4v) is 6.57. The third-order valence-electron chi connectivity index (χ3n) is 7.42. The van der Waals surface area contributed by atoms with Gasteiger partial charge in [-0.05, 0) is 68.0 Å². The van der Waals surface area contributed by atoms with Crippen LogP contribution in [0.25, 0.3) is 23.0 Å². The Bertz CT molecular complexity index is 2110. The predicted octanol–water partition coefficient (Wildman–Crippen LogP) is 5.32. The van der Waals surface area contributed by atoms with Crippen molar-refractivity contribution < 1.29 is 19.0 Å². The largest absolute Gasteiger partial charge is 0.497 e. The fourth-order valence-electron chi connectivity index (χ4n) is 5.28. The number of rotatable bonds is 8. The molecule has 0 fully saturated rings. The van der Waals surface area contributed by atoms with Gasteiger partial charge in [0.15, 0.2) is 4.80 Å². The summed E-state index contributed by atoms with van der Waals surface area (Å²) in [5, 5.41) is 5.32. The van der Waals surface area contributed by atoms with Crippen LogP contribution in [0.2, 0.25) is 5.02 Å². The summed E-state index contributed by atoms with van der Waals surface area (Å²) < 4.78 is 19.8. The molecular formula is C34H29ClN4O5S. The van der Waals surface area contributed by atoms with Gasteiger partial charge in [-0.25, -0.2) is 14.5 Å². The number of thiazole rings is 1. The van der Waals surface area contributed by atoms with E-state index in [0.717, 1.165) is 16.8 Å². The average molecular weight is 641 g/mol. The van der Waals surface area contributed by atoms with Crippen molar-refractivity contribution in [2.24, 2.45) is 4.99 Å². The van der Waals surface area contributed by atoms with Gasteiger partial charge in [0.1, 0.15) is 17.2 Å². The number of hydrogen-bond donors (Lipinski definition) is 0. The summed E-state index contributed by atoms with van der Waals surface area (Å²) >= 11 is 7.74. The van der Waals surface area contributed by atoms with Crippen molar-refractivity contribution in [3.63, 3.8) is 0 Å². The lowest BCUT2D eigenvalue weighted by Gasteiger charge is -2.24. The summed E-state index contributed by atoms with van der Waals surface area (Å²) in [7, 11) is 3.14. The number of hydrogen-bond acceptors (Lipinski definition) is 8. The molecule has 3 heterocycles. The van der Waals surface area contributed by atoms with Gasteiger partial charge >= 0.3 is 5.97 Å². The van der Waals surface area contributed by atoms with Crippen molar-refractivity contribution in [2.75, 3.05) is 20.8 Å². The molecule has 3 aromatic carbocycles. The van der Waals surface area contributed by atoms with Crippen LogP contribution in [0.4, 0.5) is 0 Å². The van der Waals surface area contributed by atoms with E-state index in [-0.39, 0.29) is 12.2 Å². The van der Waals surface area contributed by atoms with Gasteiger partial charge in [0, 0.05) is 17.3 Å². The van der Waals surface area contributed by atoms with Crippen molar-refractivity contribution in [3.05, 3.63) is 126 Å². The van der Waals surface area contributed by atoms with Gasteiger partial charge in [-0.15, -0.1) is 0 Å². The number of benzene rings is 3. The van der Waals surface area contributed by atoms with E-state index in [4.69, 9.17) is 35.9 Å². The fraction of sp³-hybridized carbons (Fsp3) is 0.176. The Morgan fingerprint density at radius 3 is 2.47 bits per heavy atom. The summed E-state index contributed by atoms with van der Waals surface area (Å²) in [5.41, 5.74) is 4.18. The van der Waals surface area contributed by atoms with E-state index in [0.29, 0.717) is 48.4 Å². The topological polar surface area (TPSA) is 96.9 Å². The molecule has 0 radical (unpaired) electrons. The molecule has 0 saturated carbocycles. The first-order valence-corrected chi connectivity index (χ1v) is 15.3. The van der Waals surface area contributed by atoms with Crippen molar-refractivity contribution in [2.45, 2.75) is 19.9 Å². The minimum absolute atomic E-state index is 0.193. The van der Waals surface area contributed by atoms with Crippen LogP contribution in [0.5, 0.6) is 11.5 Å². The Labute approximate surface area is 267 Å².